The second-order valence-corrected chi connectivity index (χ2v) is 20.0. The average molecular weight is 917 g/mol. The fourth-order valence-electron chi connectivity index (χ4n) is 8.97. The Kier molecular flexibility index (Phi) is 53.5. The number of rotatable bonds is 54. The number of ether oxygens (including phenoxy) is 1. The number of hydrogen-bond donors (Lipinski definition) is 3. The van der Waals surface area contributed by atoms with E-state index in [0.717, 1.165) is 44.9 Å². The minimum absolute atomic E-state index is 0.00692. The molecule has 0 spiro atoms. The van der Waals surface area contributed by atoms with Gasteiger partial charge in [0.15, 0.2) is 0 Å². The number of unbranched alkanes of at least 4 members (excludes halogenated alkanes) is 39. The Hall–Kier alpha value is -1.66. The predicted molar refractivity (Wildman–Crippen MR) is 283 cm³/mol. The number of esters is 1. The summed E-state index contributed by atoms with van der Waals surface area (Å²) in [5, 5.41) is 23.3. The fraction of sp³-hybridized carbons (Fsp3) is 0.898. The summed E-state index contributed by atoms with van der Waals surface area (Å²) in [6.07, 6.45) is 66.0. The van der Waals surface area contributed by atoms with Crippen molar-refractivity contribution < 1.29 is 24.5 Å². The summed E-state index contributed by atoms with van der Waals surface area (Å²) in [7, 11) is 0. The molecular weight excluding hydrogens is 803 g/mol. The van der Waals surface area contributed by atoms with Gasteiger partial charge in [0.25, 0.3) is 0 Å². The molecule has 0 bridgehead atoms. The molecular formula is C59H113NO5. The number of allylic oxidation sites excluding steroid dienone is 4. The zero-order valence-electron chi connectivity index (χ0n) is 43.7. The average Bonchev–Trinajstić information content (AvgIpc) is 3.31. The highest BCUT2D eigenvalue weighted by Crippen LogP contribution is 2.17. The highest BCUT2D eigenvalue weighted by atomic mass is 16.5. The van der Waals surface area contributed by atoms with E-state index in [4.69, 9.17) is 4.74 Å². The van der Waals surface area contributed by atoms with Crippen molar-refractivity contribution in [3.63, 3.8) is 0 Å². The summed E-state index contributed by atoms with van der Waals surface area (Å²) in [6.45, 7) is 4.91. The molecule has 0 saturated carbocycles. The molecule has 65 heavy (non-hydrogen) atoms. The minimum Gasteiger partial charge on any atom is -0.466 e. The standard InChI is InChI=1S/C59H113NO5/c1-3-5-7-9-11-13-15-16-17-18-22-25-28-32-35-39-43-47-51-57(62)56(55-61)60-58(63)52-48-44-40-36-33-29-26-23-20-19-21-24-27-30-34-38-42-46-50-54-65-59(64)53-49-45-41-37-31-14-12-10-8-6-4-2/h10,12,19-20,56-57,61-62H,3-9,11,13-18,21-55H2,1-2H3,(H,60,63)/b12-10-,20-19-. The number of amides is 1. The summed E-state index contributed by atoms with van der Waals surface area (Å²) in [5.74, 6) is -0.0496. The van der Waals surface area contributed by atoms with Crippen LogP contribution in [0.4, 0.5) is 0 Å². The molecule has 2 atom stereocenters. The Morgan fingerprint density at radius 1 is 0.415 bits per heavy atom. The largest absolute Gasteiger partial charge is 0.466 e. The second-order valence-electron chi connectivity index (χ2n) is 20.0. The zero-order chi connectivity index (χ0) is 47.2. The van der Waals surface area contributed by atoms with Gasteiger partial charge in [-0.3, -0.25) is 9.59 Å². The number of aliphatic hydroxyl groups is 2. The summed E-state index contributed by atoms with van der Waals surface area (Å²) in [5.41, 5.74) is 0. The Balaban J connectivity index is 3.45. The van der Waals surface area contributed by atoms with E-state index in [2.05, 4.69) is 43.5 Å². The molecule has 0 radical (unpaired) electrons. The molecule has 0 rings (SSSR count). The summed E-state index contributed by atoms with van der Waals surface area (Å²) in [4.78, 5) is 24.5. The maximum atomic E-state index is 12.5. The zero-order valence-corrected chi connectivity index (χ0v) is 43.7. The van der Waals surface area contributed by atoms with Gasteiger partial charge in [-0.2, -0.15) is 0 Å². The maximum Gasteiger partial charge on any atom is 0.305 e. The quantitative estimate of drug-likeness (QED) is 0.0321. The molecule has 0 aliphatic carbocycles. The Bertz CT molecular complexity index is 1010. The lowest BCUT2D eigenvalue weighted by molar-refractivity contribution is -0.143. The SMILES string of the molecule is CCCC/C=C\CCCCCCCC(=O)OCCCCCCCCCC/C=C\CCCCCCCCCC(=O)NC(CO)C(O)CCCCCCCCCCCCCCCCCCCC. The molecule has 0 aliphatic heterocycles. The molecule has 0 aromatic heterocycles. The van der Waals surface area contributed by atoms with E-state index >= 15 is 0 Å². The highest BCUT2D eigenvalue weighted by molar-refractivity contribution is 5.76. The van der Waals surface area contributed by atoms with Gasteiger partial charge in [0.2, 0.25) is 5.91 Å². The second kappa shape index (κ2) is 54.9. The third-order valence-electron chi connectivity index (χ3n) is 13.5. The molecule has 1 amide bonds. The van der Waals surface area contributed by atoms with Crippen molar-refractivity contribution >= 4 is 11.9 Å². The van der Waals surface area contributed by atoms with Gasteiger partial charge in [0.05, 0.1) is 25.4 Å². The van der Waals surface area contributed by atoms with Crippen LogP contribution in [0.2, 0.25) is 0 Å². The van der Waals surface area contributed by atoms with Gasteiger partial charge in [-0.1, -0.05) is 256 Å². The molecule has 384 valence electrons. The van der Waals surface area contributed by atoms with E-state index in [1.165, 1.54) is 238 Å². The molecule has 2 unspecified atom stereocenters. The van der Waals surface area contributed by atoms with Crippen LogP contribution in [0.5, 0.6) is 0 Å². The number of aliphatic hydroxyl groups excluding tert-OH is 2. The topological polar surface area (TPSA) is 95.9 Å². The van der Waals surface area contributed by atoms with Crippen molar-refractivity contribution in [2.75, 3.05) is 13.2 Å². The monoisotopic (exact) mass is 916 g/mol. The molecule has 0 saturated heterocycles. The van der Waals surface area contributed by atoms with Crippen LogP contribution in [0.15, 0.2) is 24.3 Å². The van der Waals surface area contributed by atoms with Gasteiger partial charge in [0.1, 0.15) is 0 Å². The van der Waals surface area contributed by atoms with Crippen LogP contribution >= 0.6 is 0 Å². The van der Waals surface area contributed by atoms with E-state index in [1.807, 2.05) is 0 Å². The van der Waals surface area contributed by atoms with Crippen LogP contribution in [0.1, 0.15) is 316 Å². The first-order chi connectivity index (χ1) is 32.0. The Morgan fingerprint density at radius 3 is 1.14 bits per heavy atom. The lowest BCUT2D eigenvalue weighted by Gasteiger charge is -2.22. The maximum absolute atomic E-state index is 12.5. The van der Waals surface area contributed by atoms with Gasteiger partial charge >= 0.3 is 5.97 Å². The van der Waals surface area contributed by atoms with Gasteiger partial charge < -0.3 is 20.3 Å². The lowest BCUT2D eigenvalue weighted by atomic mass is 10.0. The third-order valence-corrected chi connectivity index (χ3v) is 13.5. The van der Waals surface area contributed by atoms with Gasteiger partial charge in [0, 0.05) is 12.8 Å². The Labute approximate surface area is 405 Å². The summed E-state index contributed by atoms with van der Waals surface area (Å²) >= 11 is 0. The third kappa shape index (κ3) is 51.6. The number of nitrogens with one attached hydrogen (secondary N) is 1. The van der Waals surface area contributed by atoms with Crippen molar-refractivity contribution in [3.05, 3.63) is 24.3 Å². The van der Waals surface area contributed by atoms with Crippen molar-refractivity contribution in [1.82, 2.24) is 5.32 Å². The van der Waals surface area contributed by atoms with Crippen LogP contribution in [0, 0.1) is 0 Å². The first kappa shape index (κ1) is 63.3. The van der Waals surface area contributed by atoms with E-state index in [9.17, 15) is 19.8 Å². The van der Waals surface area contributed by atoms with Gasteiger partial charge in [-0.15, -0.1) is 0 Å². The number of hydrogen-bond acceptors (Lipinski definition) is 5. The molecule has 3 N–H and O–H groups in total. The molecule has 0 aliphatic rings. The van der Waals surface area contributed by atoms with Crippen LogP contribution in [-0.4, -0.2) is 47.4 Å². The Morgan fingerprint density at radius 2 is 0.738 bits per heavy atom. The highest BCUT2D eigenvalue weighted by Gasteiger charge is 2.20. The van der Waals surface area contributed by atoms with Gasteiger partial charge in [-0.05, 0) is 70.6 Å². The molecule has 6 nitrogen and oxygen atoms in total. The molecule has 0 aromatic carbocycles. The molecule has 0 fully saturated rings. The minimum atomic E-state index is -0.671. The fourth-order valence-corrected chi connectivity index (χ4v) is 8.97. The number of carbonyl (C=O) groups excluding carboxylic acids is 2. The first-order valence-electron chi connectivity index (χ1n) is 29.1. The first-order valence-corrected chi connectivity index (χ1v) is 29.1. The van der Waals surface area contributed by atoms with Crippen LogP contribution < -0.4 is 5.32 Å². The van der Waals surface area contributed by atoms with E-state index in [-0.39, 0.29) is 18.5 Å². The predicted octanol–water partition coefficient (Wildman–Crippen LogP) is 17.9. The van der Waals surface area contributed by atoms with E-state index < -0.39 is 12.1 Å². The molecule has 0 heterocycles. The van der Waals surface area contributed by atoms with Crippen molar-refractivity contribution in [2.45, 2.75) is 328 Å². The van der Waals surface area contributed by atoms with E-state index in [1.54, 1.807) is 0 Å². The molecule has 0 aromatic rings. The van der Waals surface area contributed by atoms with Crippen molar-refractivity contribution in [3.8, 4) is 0 Å². The van der Waals surface area contributed by atoms with Crippen molar-refractivity contribution in [1.29, 1.82) is 0 Å². The number of carbonyl (C=O) groups is 2. The summed E-state index contributed by atoms with van der Waals surface area (Å²) in [6, 6.07) is -0.549. The normalized spacial score (nSPS) is 12.7. The van der Waals surface area contributed by atoms with Crippen LogP contribution in [0.25, 0.3) is 0 Å². The smallest absolute Gasteiger partial charge is 0.305 e. The van der Waals surface area contributed by atoms with E-state index in [0.29, 0.717) is 25.9 Å². The van der Waals surface area contributed by atoms with Crippen LogP contribution in [0.3, 0.4) is 0 Å². The van der Waals surface area contributed by atoms with Crippen LogP contribution in [-0.2, 0) is 14.3 Å². The molecule has 6 heteroatoms. The lowest BCUT2D eigenvalue weighted by Crippen LogP contribution is -2.45. The summed E-state index contributed by atoms with van der Waals surface area (Å²) < 4.78 is 5.45. The van der Waals surface area contributed by atoms with Gasteiger partial charge in [-0.25, -0.2) is 0 Å². The van der Waals surface area contributed by atoms with Crippen molar-refractivity contribution in [2.24, 2.45) is 0 Å².